The molecule has 4 aromatic rings. The van der Waals surface area contributed by atoms with Crippen molar-refractivity contribution in [2.45, 2.75) is 11.8 Å². The van der Waals surface area contributed by atoms with Crippen molar-refractivity contribution in [1.82, 2.24) is 16.7 Å². The Morgan fingerprint density at radius 1 is 1.04 bits per heavy atom. The molecule has 0 aliphatic rings. The zero-order valence-electron chi connectivity index (χ0n) is 11.7. The number of aryl methyl sites for hydroxylation is 1. The summed E-state index contributed by atoms with van der Waals surface area (Å²) in [5.41, 5.74) is 3.84. The maximum atomic E-state index is 12.7. The summed E-state index contributed by atoms with van der Waals surface area (Å²) in [6.07, 6.45) is 0. The number of aromatic nitrogens is 4. The molecule has 7 nitrogen and oxygen atoms in total. The van der Waals surface area contributed by atoms with Crippen molar-refractivity contribution in [3.63, 3.8) is 0 Å². The molecule has 2 aromatic carbocycles. The molecule has 0 spiro atoms. The van der Waals surface area contributed by atoms with E-state index in [1.165, 1.54) is 6.07 Å². The van der Waals surface area contributed by atoms with Gasteiger partial charge in [0, 0.05) is 0 Å². The number of nitrogens with zero attached hydrogens (tertiary/aromatic N) is 4. The Bertz CT molecular complexity index is 1140. The van der Waals surface area contributed by atoms with E-state index in [1.54, 1.807) is 12.1 Å². The number of sulfonamides is 1. The third kappa shape index (κ3) is 2.53. The third-order valence-electron chi connectivity index (χ3n) is 3.41. The number of nitrogens with one attached hydrogen (secondary N) is 1. The molecular formula is C13H9N5O2S2Se. The summed E-state index contributed by atoms with van der Waals surface area (Å²) in [5, 5.41) is 0. The second-order valence-electron chi connectivity index (χ2n) is 4.91. The van der Waals surface area contributed by atoms with Gasteiger partial charge in [-0.3, -0.25) is 0 Å². The van der Waals surface area contributed by atoms with Crippen LogP contribution in [-0.4, -0.2) is 40.1 Å². The second-order valence-corrected chi connectivity index (χ2v) is 8.23. The van der Waals surface area contributed by atoms with Gasteiger partial charge < -0.3 is 0 Å². The Balaban J connectivity index is 1.82. The average Bonchev–Trinajstić information content (AvgIpc) is 3.17. The zero-order chi connectivity index (χ0) is 16.0. The molecule has 0 atom stereocenters. The first-order valence-electron chi connectivity index (χ1n) is 6.52. The predicted octanol–water partition coefficient (Wildman–Crippen LogP) is 1.80. The quantitative estimate of drug-likeness (QED) is 0.518. The van der Waals surface area contributed by atoms with Crippen LogP contribution in [0, 0.1) is 6.92 Å². The molecule has 0 unspecified atom stereocenters. The molecular weight excluding hydrogens is 401 g/mol. The van der Waals surface area contributed by atoms with Gasteiger partial charge in [-0.1, -0.05) is 0 Å². The first-order chi connectivity index (χ1) is 11.0. The molecule has 116 valence electrons. The van der Waals surface area contributed by atoms with Crippen LogP contribution in [0.1, 0.15) is 5.56 Å². The fourth-order valence-corrected chi connectivity index (χ4v) is 4.99. The first-order valence-corrected chi connectivity index (χ1v) is 10.3. The van der Waals surface area contributed by atoms with Crippen LogP contribution in [0.15, 0.2) is 35.2 Å². The molecule has 2 aromatic heterocycles. The zero-order valence-corrected chi connectivity index (χ0v) is 15.1. The molecule has 10 heteroatoms. The number of rotatable bonds is 3. The Kier molecular flexibility index (Phi) is 3.42. The van der Waals surface area contributed by atoms with Crippen molar-refractivity contribution >= 4 is 64.5 Å². The van der Waals surface area contributed by atoms with Crippen LogP contribution >= 0.6 is 11.7 Å². The van der Waals surface area contributed by atoms with E-state index in [4.69, 9.17) is 0 Å². The van der Waals surface area contributed by atoms with Crippen LogP contribution in [0.5, 0.6) is 0 Å². The van der Waals surface area contributed by atoms with Crippen LogP contribution in [0.25, 0.3) is 22.1 Å². The standard InChI is InChI=1S/C13H9N5O2S2Se/c1-7-2-4-10-13(15-21-14-10)12(7)16-22(19,20)8-3-5-9-11(6-8)18-23-17-9/h2-6,16H,1H3. The number of anilines is 1. The van der Waals surface area contributed by atoms with Crippen molar-refractivity contribution in [1.29, 1.82) is 0 Å². The summed E-state index contributed by atoms with van der Waals surface area (Å²) < 4.78 is 44.8. The van der Waals surface area contributed by atoms with Crippen LogP contribution in [-0.2, 0) is 10.0 Å². The molecule has 0 aliphatic carbocycles. The minimum absolute atomic E-state index is 0.160. The van der Waals surface area contributed by atoms with Crippen molar-refractivity contribution in [2.75, 3.05) is 4.72 Å². The average molecular weight is 410 g/mol. The molecule has 0 radical (unpaired) electrons. The molecule has 0 aliphatic heterocycles. The third-order valence-corrected chi connectivity index (χ3v) is 6.47. The Labute approximate surface area is 142 Å². The number of hydrogen-bond donors (Lipinski definition) is 1. The van der Waals surface area contributed by atoms with Gasteiger partial charge in [0.25, 0.3) is 0 Å². The van der Waals surface area contributed by atoms with Gasteiger partial charge in [0.15, 0.2) is 0 Å². The molecule has 0 fully saturated rings. The summed E-state index contributed by atoms with van der Waals surface area (Å²) >= 11 is 0.866. The van der Waals surface area contributed by atoms with Gasteiger partial charge >= 0.3 is 142 Å². The number of fused-ring (bicyclic) bond motifs is 2. The van der Waals surface area contributed by atoms with E-state index in [0.29, 0.717) is 22.2 Å². The van der Waals surface area contributed by atoms with E-state index >= 15 is 0 Å². The molecule has 23 heavy (non-hydrogen) atoms. The molecule has 0 bridgehead atoms. The van der Waals surface area contributed by atoms with Gasteiger partial charge in [0.2, 0.25) is 0 Å². The van der Waals surface area contributed by atoms with E-state index in [1.807, 2.05) is 19.1 Å². The summed E-state index contributed by atoms with van der Waals surface area (Å²) in [4.78, 5) is 0.160. The Hall–Kier alpha value is -1.87. The summed E-state index contributed by atoms with van der Waals surface area (Å²) in [7, 11) is -3.73. The van der Waals surface area contributed by atoms with Gasteiger partial charge in [0.1, 0.15) is 0 Å². The van der Waals surface area contributed by atoms with Crippen molar-refractivity contribution in [3.05, 3.63) is 35.9 Å². The van der Waals surface area contributed by atoms with Crippen LogP contribution < -0.4 is 4.72 Å². The van der Waals surface area contributed by atoms with Crippen LogP contribution in [0.2, 0.25) is 0 Å². The van der Waals surface area contributed by atoms with Gasteiger partial charge in [-0.25, -0.2) is 0 Å². The predicted molar refractivity (Wildman–Crippen MR) is 89.4 cm³/mol. The van der Waals surface area contributed by atoms with E-state index in [-0.39, 0.29) is 19.9 Å². The van der Waals surface area contributed by atoms with E-state index < -0.39 is 10.0 Å². The van der Waals surface area contributed by atoms with Gasteiger partial charge in [-0.2, -0.15) is 0 Å². The minimum atomic E-state index is -3.73. The molecule has 4 rings (SSSR count). The van der Waals surface area contributed by atoms with Crippen LogP contribution in [0.4, 0.5) is 5.69 Å². The van der Waals surface area contributed by atoms with Crippen LogP contribution in [0.3, 0.4) is 0 Å². The maximum absolute atomic E-state index is 12.7. The SMILES string of the molecule is Cc1ccc2nsnc2c1NS(=O)(=O)c1ccc2n[se]nc2c1. The van der Waals surface area contributed by atoms with Gasteiger partial charge in [-0.05, 0) is 0 Å². The van der Waals surface area contributed by atoms with Crippen molar-refractivity contribution < 1.29 is 8.42 Å². The van der Waals surface area contributed by atoms with E-state index in [0.717, 1.165) is 22.8 Å². The van der Waals surface area contributed by atoms with Gasteiger partial charge in [0.05, 0.1) is 0 Å². The summed E-state index contributed by atoms with van der Waals surface area (Å²) in [6.45, 7) is 1.83. The molecule has 0 amide bonds. The second kappa shape index (κ2) is 5.34. The van der Waals surface area contributed by atoms with Crippen molar-refractivity contribution in [2.24, 2.45) is 0 Å². The monoisotopic (exact) mass is 411 g/mol. The molecule has 2 heterocycles. The first kappa shape index (κ1) is 14.7. The summed E-state index contributed by atoms with van der Waals surface area (Å²) in [5.74, 6) is 0. The molecule has 0 saturated heterocycles. The van der Waals surface area contributed by atoms with Gasteiger partial charge in [-0.15, -0.1) is 0 Å². The fraction of sp³-hybridized carbons (Fsp3) is 0.0769. The molecule has 1 N–H and O–H groups in total. The van der Waals surface area contributed by atoms with Crippen molar-refractivity contribution in [3.8, 4) is 0 Å². The Morgan fingerprint density at radius 3 is 2.70 bits per heavy atom. The molecule has 0 saturated carbocycles. The Morgan fingerprint density at radius 2 is 1.83 bits per heavy atom. The fourth-order valence-electron chi connectivity index (χ4n) is 2.20. The van der Waals surface area contributed by atoms with E-state index in [9.17, 15) is 8.42 Å². The van der Waals surface area contributed by atoms with E-state index in [2.05, 4.69) is 21.4 Å². The number of hydrogen-bond acceptors (Lipinski definition) is 7. The number of benzene rings is 2. The normalized spacial score (nSPS) is 12.0. The summed E-state index contributed by atoms with van der Waals surface area (Å²) in [6, 6.07) is 8.41. The topological polar surface area (TPSA) is 97.7 Å².